The van der Waals surface area contributed by atoms with Gasteiger partial charge in [0.05, 0.1) is 18.7 Å². The molecule has 0 saturated carbocycles. The summed E-state index contributed by atoms with van der Waals surface area (Å²) in [5, 5.41) is 13.7. The first-order valence-corrected chi connectivity index (χ1v) is 6.27. The number of nitrogens with zero attached hydrogens (tertiary/aromatic N) is 1. The fourth-order valence-electron chi connectivity index (χ4n) is 1.42. The largest absolute Gasteiger partial charge is 0.384 e. The van der Waals surface area contributed by atoms with Gasteiger partial charge in [0.15, 0.2) is 0 Å². The van der Waals surface area contributed by atoms with Crippen molar-refractivity contribution in [1.29, 1.82) is 0 Å². The Kier molecular flexibility index (Phi) is 7.50. The van der Waals surface area contributed by atoms with Crippen LogP contribution in [0, 0.1) is 11.8 Å². The second-order valence-electron chi connectivity index (χ2n) is 3.88. The molecule has 0 radical (unpaired) electrons. The van der Waals surface area contributed by atoms with Gasteiger partial charge in [0.1, 0.15) is 12.3 Å². The van der Waals surface area contributed by atoms with E-state index in [1.165, 1.54) is 13.3 Å². The van der Waals surface area contributed by atoms with E-state index < -0.39 is 5.91 Å². The number of aromatic nitrogens is 1. The minimum atomic E-state index is -0.500. The zero-order chi connectivity index (χ0) is 15.5. The van der Waals surface area contributed by atoms with Gasteiger partial charge in [-0.05, 0) is 12.1 Å². The van der Waals surface area contributed by atoms with E-state index in [1.807, 2.05) is 0 Å². The molecule has 1 rings (SSSR count). The average molecular weight is 291 g/mol. The molecule has 0 atom stereocenters. The zero-order valence-corrected chi connectivity index (χ0v) is 11.7. The smallest absolute Gasteiger partial charge is 0.271 e. The molecule has 7 nitrogen and oxygen atoms in total. The molecule has 1 aromatic rings. The Hall–Kier alpha value is -2.43. The lowest BCUT2D eigenvalue weighted by atomic mass is 10.2. The van der Waals surface area contributed by atoms with Gasteiger partial charge in [0, 0.05) is 19.9 Å². The van der Waals surface area contributed by atoms with Crippen LogP contribution in [0.25, 0.3) is 0 Å². The van der Waals surface area contributed by atoms with Crippen molar-refractivity contribution in [2.45, 2.75) is 0 Å². The van der Waals surface area contributed by atoms with E-state index in [9.17, 15) is 9.59 Å². The lowest BCUT2D eigenvalue weighted by molar-refractivity contribution is -0.120. The number of hydrogen-bond acceptors (Lipinski definition) is 5. The molecule has 1 aromatic heterocycles. The molecule has 0 aliphatic carbocycles. The molecular weight excluding hydrogens is 274 g/mol. The molecule has 0 aliphatic heterocycles. The molecule has 0 bridgehead atoms. The molecule has 112 valence electrons. The summed E-state index contributed by atoms with van der Waals surface area (Å²) in [7, 11) is 1.53. The van der Waals surface area contributed by atoms with Gasteiger partial charge in [-0.25, -0.2) is 4.98 Å². The van der Waals surface area contributed by atoms with Gasteiger partial charge in [0.2, 0.25) is 5.91 Å². The molecule has 21 heavy (non-hydrogen) atoms. The summed E-state index contributed by atoms with van der Waals surface area (Å²) >= 11 is 0. The summed E-state index contributed by atoms with van der Waals surface area (Å²) in [6, 6.07) is 3.25. The van der Waals surface area contributed by atoms with Gasteiger partial charge in [-0.2, -0.15) is 0 Å². The molecule has 0 spiro atoms. The van der Waals surface area contributed by atoms with Crippen LogP contribution in [0.1, 0.15) is 16.1 Å². The highest BCUT2D eigenvalue weighted by Gasteiger charge is 2.12. The Morgan fingerprint density at radius 2 is 2.24 bits per heavy atom. The molecule has 0 saturated heterocycles. The summed E-state index contributed by atoms with van der Waals surface area (Å²) in [4.78, 5) is 27.3. The lowest BCUT2D eigenvalue weighted by Gasteiger charge is -2.07. The highest BCUT2D eigenvalue weighted by molar-refractivity contribution is 5.96. The number of methoxy groups -OCH3 is 1. The van der Waals surface area contributed by atoms with Crippen LogP contribution in [0.2, 0.25) is 0 Å². The maximum Gasteiger partial charge on any atom is 0.271 e. The van der Waals surface area contributed by atoms with Crippen LogP contribution < -0.4 is 10.6 Å². The summed E-state index contributed by atoms with van der Waals surface area (Å²) in [5.41, 5.74) is 0.506. The van der Waals surface area contributed by atoms with Crippen molar-refractivity contribution in [1.82, 2.24) is 15.6 Å². The average Bonchev–Trinajstić information content (AvgIpc) is 2.51. The number of amides is 2. The first kappa shape index (κ1) is 16.6. The van der Waals surface area contributed by atoms with Crippen LogP contribution in [0.4, 0.5) is 0 Å². The van der Waals surface area contributed by atoms with Gasteiger partial charge in [-0.3, -0.25) is 9.59 Å². The zero-order valence-electron chi connectivity index (χ0n) is 11.7. The summed E-state index contributed by atoms with van der Waals surface area (Å²) in [6.07, 6.45) is 1.46. The second-order valence-corrected chi connectivity index (χ2v) is 3.88. The van der Waals surface area contributed by atoms with Crippen molar-refractivity contribution in [3.8, 4) is 11.8 Å². The van der Waals surface area contributed by atoms with Crippen LogP contribution in [-0.4, -0.2) is 55.3 Å². The number of pyridine rings is 1. The standard InChI is InChI=1S/C14H17N3O4/c1-21-9-7-15-12(19)10-17-14(20)13-11(5-3-8-18)4-2-6-16-13/h2,4,6,18H,7-10H2,1H3,(H,15,19)(H,17,20). The highest BCUT2D eigenvalue weighted by atomic mass is 16.5. The van der Waals surface area contributed by atoms with Crippen LogP contribution in [0.5, 0.6) is 0 Å². The maximum atomic E-state index is 12.0. The Labute approximate surface area is 122 Å². The molecule has 2 amide bonds. The molecule has 0 fully saturated rings. The molecule has 0 aromatic carbocycles. The number of ether oxygens (including phenoxy) is 1. The highest BCUT2D eigenvalue weighted by Crippen LogP contribution is 2.03. The molecule has 0 aliphatic rings. The molecule has 3 N–H and O–H groups in total. The number of carbonyl (C=O) groups is 2. The summed E-state index contributed by atoms with van der Waals surface area (Å²) in [6.45, 7) is 0.312. The van der Waals surface area contributed by atoms with Crippen molar-refractivity contribution in [2.24, 2.45) is 0 Å². The van der Waals surface area contributed by atoms with Crippen LogP contribution in [0.3, 0.4) is 0 Å². The van der Waals surface area contributed by atoms with Crippen molar-refractivity contribution in [2.75, 3.05) is 33.4 Å². The predicted octanol–water partition coefficient (Wildman–Crippen LogP) is -1.08. The third kappa shape index (κ3) is 6.03. The van der Waals surface area contributed by atoms with Crippen molar-refractivity contribution in [3.63, 3.8) is 0 Å². The first-order chi connectivity index (χ1) is 10.2. The van der Waals surface area contributed by atoms with E-state index in [2.05, 4.69) is 27.5 Å². The molecule has 7 heteroatoms. The molecular formula is C14H17N3O4. The van der Waals surface area contributed by atoms with Gasteiger partial charge >= 0.3 is 0 Å². The number of aliphatic hydroxyl groups is 1. The van der Waals surface area contributed by atoms with Gasteiger partial charge in [-0.15, -0.1) is 0 Å². The number of carbonyl (C=O) groups excluding carboxylic acids is 2. The van der Waals surface area contributed by atoms with Crippen molar-refractivity contribution >= 4 is 11.8 Å². The van der Waals surface area contributed by atoms with E-state index in [0.717, 1.165) is 0 Å². The lowest BCUT2D eigenvalue weighted by Crippen LogP contribution is -2.38. The number of rotatable bonds is 6. The van der Waals surface area contributed by atoms with Gasteiger partial charge in [0.25, 0.3) is 5.91 Å². The van der Waals surface area contributed by atoms with E-state index in [-0.39, 0.29) is 24.8 Å². The number of nitrogens with one attached hydrogen (secondary N) is 2. The summed E-state index contributed by atoms with van der Waals surface area (Å²) < 4.78 is 4.79. The number of hydrogen-bond donors (Lipinski definition) is 3. The first-order valence-electron chi connectivity index (χ1n) is 6.27. The van der Waals surface area contributed by atoms with E-state index in [4.69, 9.17) is 9.84 Å². The molecule has 1 heterocycles. The normalized spacial score (nSPS) is 9.43. The quantitative estimate of drug-likeness (QED) is 0.457. The van der Waals surface area contributed by atoms with E-state index >= 15 is 0 Å². The van der Waals surface area contributed by atoms with Crippen LogP contribution in [-0.2, 0) is 9.53 Å². The van der Waals surface area contributed by atoms with Crippen LogP contribution in [0.15, 0.2) is 18.3 Å². The number of aliphatic hydroxyl groups excluding tert-OH is 1. The minimum absolute atomic E-state index is 0.114. The summed E-state index contributed by atoms with van der Waals surface area (Å²) in [5.74, 6) is 4.26. The minimum Gasteiger partial charge on any atom is -0.384 e. The van der Waals surface area contributed by atoms with Gasteiger partial charge < -0.3 is 20.5 Å². The Morgan fingerprint density at radius 3 is 2.95 bits per heavy atom. The Bertz CT molecular complexity index is 549. The Balaban J connectivity index is 2.58. The monoisotopic (exact) mass is 291 g/mol. The second kappa shape index (κ2) is 9.47. The van der Waals surface area contributed by atoms with Gasteiger partial charge in [-0.1, -0.05) is 11.8 Å². The van der Waals surface area contributed by atoms with E-state index in [0.29, 0.717) is 18.7 Å². The topological polar surface area (TPSA) is 101 Å². The fourth-order valence-corrected chi connectivity index (χ4v) is 1.42. The van der Waals surface area contributed by atoms with E-state index in [1.54, 1.807) is 12.1 Å². The third-order valence-electron chi connectivity index (χ3n) is 2.36. The van der Waals surface area contributed by atoms with Crippen LogP contribution >= 0.6 is 0 Å². The predicted molar refractivity (Wildman–Crippen MR) is 75.4 cm³/mol. The molecule has 0 unspecified atom stereocenters. The fraction of sp³-hybridized carbons (Fsp3) is 0.357. The Morgan fingerprint density at radius 1 is 1.43 bits per heavy atom. The van der Waals surface area contributed by atoms with Crippen molar-refractivity contribution < 1.29 is 19.4 Å². The third-order valence-corrected chi connectivity index (χ3v) is 2.36. The maximum absolute atomic E-state index is 12.0. The van der Waals surface area contributed by atoms with Crippen molar-refractivity contribution in [3.05, 3.63) is 29.6 Å². The SMILES string of the molecule is COCCNC(=O)CNC(=O)c1ncccc1C#CCO.